The molecule has 1 N–H and O–H groups in total. The number of piperidine rings is 1. The first-order valence-electron chi connectivity index (χ1n) is 8.27. The molecule has 4 heteroatoms. The quantitative estimate of drug-likeness (QED) is 0.943. The van der Waals surface area contributed by atoms with Gasteiger partial charge in [-0.25, -0.2) is 4.79 Å². The Kier molecular flexibility index (Phi) is 4.48. The third-order valence-electron chi connectivity index (χ3n) is 4.44. The van der Waals surface area contributed by atoms with E-state index in [0.717, 1.165) is 18.7 Å². The van der Waals surface area contributed by atoms with E-state index in [4.69, 9.17) is 0 Å². The summed E-state index contributed by atoms with van der Waals surface area (Å²) in [5, 5.41) is 3.58. The van der Waals surface area contributed by atoms with E-state index in [1.165, 1.54) is 24.8 Å². The maximum atomic E-state index is 12.4. The Morgan fingerprint density at radius 1 is 1.27 bits per heavy atom. The number of hydrogen-bond acceptors (Lipinski definition) is 2. The van der Waals surface area contributed by atoms with Crippen LogP contribution in [0.4, 0.5) is 0 Å². The lowest BCUT2D eigenvalue weighted by Crippen LogP contribution is -2.35. The number of aromatic nitrogens is 2. The van der Waals surface area contributed by atoms with Crippen LogP contribution >= 0.6 is 0 Å². The van der Waals surface area contributed by atoms with Crippen LogP contribution in [0.1, 0.15) is 44.7 Å². The molecule has 1 aromatic heterocycles. The van der Waals surface area contributed by atoms with Crippen LogP contribution in [0.5, 0.6) is 0 Å². The molecule has 2 aromatic rings. The zero-order valence-electron chi connectivity index (χ0n) is 13.5. The van der Waals surface area contributed by atoms with Crippen LogP contribution in [0, 0.1) is 0 Å². The van der Waals surface area contributed by atoms with Gasteiger partial charge in [0.05, 0.1) is 5.69 Å². The SMILES string of the molecule is CC(C)n1ccn(-c2cccc(CC3CCCCN3)c2)c1=O. The second-order valence-electron chi connectivity index (χ2n) is 6.47. The molecular weight excluding hydrogens is 274 g/mol. The topological polar surface area (TPSA) is 39.0 Å². The minimum absolute atomic E-state index is 0.0305. The molecule has 1 aliphatic heterocycles. The first-order chi connectivity index (χ1) is 10.6. The van der Waals surface area contributed by atoms with Gasteiger partial charge in [0.15, 0.2) is 0 Å². The van der Waals surface area contributed by atoms with Crippen LogP contribution in [0.2, 0.25) is 0 Å². The lowest BCUT2D eigenvalue weighted by molar-refractivity contribution is 0.399. The maximum Gasteiger partial charge on any atom is 0.332 e. The Morgan fingerprint density at radius 3 is 2.82 bits per heavy atom. The van der Waals surface area contributed by atoms with Crippen molar-refractivity contribution in [2.75, 3.05) is 6.54 Å². The van der Waals surface area contributed by atoms with Crippen molar-refractivity contribution in [1.82, 2.24) is 14.5 Å². The van der Waals surface area contributed by atoms with Gasteiger partial charge in [0.2, 0.25) is 0 Å². The molecule has 22 heavy (non-hydrogen) atoms. The summed E-state index contributed by atoms with van der Waals surface area (Å²) in [6.07, 6.45) is 8.60. The molecule has 4 nitrogen and oxygen atoms in total. The number of nitrogens with zero attached hydrogens (tertiary/aromatic N) is 2. The lowest BCUT2D eigenvalue weighted by atomic mass is 9.97. The van der Waals surface area contributed by atoms with Gasteiger partial charge in [-0.1, -0.05) is 18.6 Å². The zero-order chi connectivity index (χ0) is 15.5. The van der Waals surface area contributed by atoms with Gasteiger partial charge in [-0.05, 0) is 57.4 Å². The molecule has 0 spiro atoms. The number of nitrogens with one attached hydrogen (secondary N) is 1. The molecule has 118 valence electrons. The molecule has 1 unspecified atom stereocenters. The van der Waals surface area contributed by atoms with Crippen molar-refractivity contribution in [3.05, 3.63) is 52.7 Å². The van der Waals surface area contributed by atoms with Crippen molar-refractivity contribution in [3.8, 4) is 5.69 Å². The van der Waals surface area contributed by atoms with Crippen LogP contribution in [-0.4, -0.2) is 21.7 Å². The smallest absolute Gasteiger partial charge is 0.314 e. The Bertz CT molecular complexity index is 678. The van der Waals surface area contributed by atoms with Crippen molar-refractivity contribution < 1.29 is 0 Å². The van der Waals surface area contributed by atoms with Gasteiger partial charge in [0, 0.05) is 24.5 Å². The monoisotopic (exact) mass is 299 g/mol. The van der Waals surface area contributed by atoms with Gasteiger partial charge in [-0.15, -0.1) is 0 Å². The predicted molar refractivity (Wildman–Crippen MR) is 89.8 cm³/mol. The minimum atomic E-state index is 0.0305. The van der Waals surface area contributed by atoms with E-state index in [0.29, 0.717) is 6.04 Å². The second-order valence-corrected chi connectivity index (χ2v) is 6.47. The summed E-state index contributed by atoms with van der Waals surface area (Å²) < 4.78 is 3.49. The van der Waals surface area contributed by atoms with Crippen molar-refractivity contribution in [3.63, 3.8) is 0 Å². The number of imidazole rings is 1. The van der Waals surface area contributed by atoms with E-state index in [9.17, 15) is 4.79 Å². The van der Waals surface area contributed by atoms with E-state index in [1.54, 1.807) is 9.13 Å². The highest BCUT2D eigenvalue weighted by atomic mass is 16.1. The molecule has 0 radical (unpaired) electrons. The largest absolute Gasteiger partial charge is 0.332 e. The predicted octanol–water partition coefficient (Wildman–Crippen LogP) is 2.90. The average molecular weight is 299 g/mol. The first-order valence-corrected chi connectivity index (χ1v) is 8.27. The fourth-order valence-corrected chi connectivity index (χ4v) is 3.20. The standard InChI is InChI=1S/C18H25N3O/c1-14(2)20-10-11-21(18(20)22)17-8-5-6-15(13-17)12-16-7-3-4-9-19-16/h5-6,8,10-11,13-14,16,19H,3-4,7,9,12H2,1-2H3. The van der Waals surface area contributed by atoms with Crippen LogP contribution < -0.4 is 11.0 Å². The van der Waals surface area contributed by atoms with E-state index in [1.807, 2.05) is 38.4 Å². The molecule has 0 bridgehead atoms. The molecule has 0 aliphatic carbocycles. The van der Waals surface area contributed by atoms with E-state index >= 15 is 0 Å². The van der Waals surface area contributed by atoms with Crippen LogP contribution in [0.25, 0.3) is 5.69 Å². The molecule has 1 atom stereocenters. The van der Waals surface area contributed by atoms with Crippen molar-refractivity contribution >= 4 is 0 Å². The Hall–Kier alpha value is -1.81. The fraction of sp³-hybridized carbons (Fsp3) is 0.500. The highest BCUT2D eigenvalue weighted by Crippen LogP contribution is 2.15. The fourth-order valence-electron chi connectivity index (χ4n) is 3.20. The van der Waals surface area contributed by atoms with Crippen molar-refractivity contribution in [1.29, 1.82) is 0 Å². The molecule has 1 saturated heterocycles. The van der Waals surface area contributed by atoms with E-state index < -0.39 is 0 Å². The van der Waals surface area contributed by atoms with Gasteiger partial charge in [0.25, 0.3) is 0 Å². The lowest BCUT2D eigenvalue weighted by Gasteiger charge is -2.23. The molecule has 3 rings (SSSR count). The zero-order valence-corrected chi connectivity index (χ0v) is 13.5. The second kappa shape index (κ2) is 6.53. The molecule has 2 heterocycles. The van der Waals surface area contributed by atoms with Gasteiger partial charge >= 0.3 is 5.69 Å². The molecule has 0 amide bonds. The normalized spacial score (nSPS) is 18.8. The summed E-state index contributed by atoms with van der Waals surface area (Å²) >= 11 is 0. The van der Waals surface area contributed by atoms with E-state index in [-0.39, 0.29) is 11.7 Å². The van der Waals surface area contributed by atoms with Gasteiger partial charge in [-0.3, -0.25) is 9.13 Å². The number of rotatable bonds is 4. The highest BCUT2D eigenvalue weighted by molar-refractivity contribution is 5.36. The summed E-state index contributed by atoms with van der Waals surface area (Å²) in [5.74, 6) is 0. The number of benzene rings is 1. The van der Waals surface area contributed by atoms with Crippen LogP contribution in [0.3, 0.4) is 0 Å². The van der Waals surface area contributed by atoms with E-state index in [2.05, 4.69) is 17.4 Å². The van der Waals surface area contributed by atoms with Crippen molar-refractivity contribution in [2.24, 2.45) is 0 Å². The molecule has 1 fully saturated rings. The minimum Gasteiger partial charge on any atom is -0.314 e. The summed E-state index contributed by atoms with van der Waals surface area (Å²) in [7, 11) is 0. The summed E-state index contributed by atoms with van der Waals surface area (Å²) in [4.78, 5) is 12.4. The van der Waals surface area contributed by atoms with Crippen molar-refractivity contribution in [2.45, 2.75) is 51.6 Å². The third-order valence-corrected chi connectivity index (χ3v) is 4.44. The Labute approximate surface area is 131 Å². The Balaban J connectivity index is 1.83. The molecular formula is C18H25N3O. The molecule has 0 saturated carbocycles. The van der Waals surface area contributed by atoms with Gasteiger partial charge < -0.3 is 5.32 Å². The summed E-state index contributed by atoms with van der Waals surface area (Å²) in [5.41, 5.74) is 2.28. The third kappa shape index (κ3) is 3.17. The Morgan fingerprint density at radius 2 is 2.14 bits per heavy atom. The highest BCUT2D eigenvalue weighted by Gasteiger charge is 2.14. The molecule has 1 aliphatic rings. The molecule has 1 aromatic carbocycles. The summed E-state index contributed by atoms with van der Waals surface area (Å²) in [6.45, 7) is 5.18. The van der Waals surface area contributed by atoms with Crippen LogP contribution in [0.15, 0.2) is 41.5 Å². The maximum absolute atomic E-state index is 12.4. The number of hydrogen-bond donors (Lipinski definition) is 1. The summed E-state index contributed by atoms with van der Waals surface area (Å²) in [6, 6.07) is 9.10. The van der Waals surface area contributed by atoms with Gasteiger partial charge in [0.1, 0.15) is 0 Å². The first kappa shape index (κ1) is 15.1. The van der Waals surface area contributed by atoms with Crippen LogP contribution in [-0.2, 0) is 6.42 Å². The van der Waals surface area contributed by atoms with Gasteiger partial charge in [-0.2, -0.15) is 0 Å². The average Bonchev–Trinajstić information content (AvgIpc) is 2.90.